The summed E-state index contributed by atoms with van der Waals surface area (Å²) in [4.78, 5) is 12.4. The number of halogens is 2. The zero-order chi connectivity index (χ0) is 13.1. The zero-order valence-electron chi connectivity index (χ0n) is 10.3. The van der Waals surface area contributed by atoms with Gasteiger partial charge in [-0.2, -0.15) is 0 Å². The number of carbonyl (C=O) groups is 1. The minimum Gasteiger partial charge on any atom is -0.497 e. The van der Waals surface area contributed by atoms with Gasteiger partial charge in [0.2, 0.25) is 0 Å². The molecule has 0 saturated heterocycles. The van der Waals surface area contributed by atoms with Gasteiger partial charge in [0.1, 0.15) is 5.75 Å². The number of benzene rings is 1. The molecule has 1 fully saturated rings. The smallest absolute Gasteiger partial charge is 0.167 e. The Morgan fingerprint density at radius 1 is 1.22 bits per heavy atom. The number of methoxy groups -OCH3 is 1. The third-order valence-electron chi connectivity index (χ3n) is 3.48. The number of ether oxygens (including phenoxy) is 1. The highest BCUT2D eigenvalue weighted by molar-refractivity contribution is 6.44. The molecule has 1 aliphatic carbocycles. The van der Waals surface area contributed by atoms with E-state index in [-0.39, 0.29) is 11.7 Å². The van der Waals surface area contributed by atoms with Gasteiger partial charge in [0.15, 0.2) is 5.78 Å². The van der Waals surface area contributed by atoms with E-state index < -0.39 is 0 Å². The lowest BCUT2D eigenvalue weighted by Gasteiger charge is -2.21. The summed E-state index contributed by atoms with van der Waals surface area (Å²) in [6.07, 6.45) is 5.35. The van der Waals surface area contributed by atoms with Crippen molar-refractivity contribution in [1.82, 2.24) is 0 Å². The second kappa shape index (κ2) is 5.94. The Hall–Kier alpha value is -0.730. The van der Waals surface area contributed by atoms with Gasteiger partial charge >= 0.3 is 0 Å². The summed E-state index contributed by atoms with van der Waals surface area (Å²) in [5.41, 5.74) is 0.493. The highest BCUT2D eigenvalue weighted by atomic mass is 35.5. The lowest BCUT2D eigenvalue weighted by Crippen LogP contribution is -2.18. The summed E-state index contributed by atoms with van der Waals surface area (Å²) >= 11 is 12.1. The molecule has 1 aliphatic rings. The first kappa shape index (κ1) is 13.7. The summed E-state index contributed by atoms with van der Waals surface area (Å²) in [6, 6.07) is 3.31. The van der Waals surface area contributed by atoms with Crippen LogP contribution in [0.25, 0.3) is 0 Å². The molecule has 4 heteroatoms. The minimum atomic E-state index is 0.0828. The van der Waals surface area contributed by atoms with Crippen molar-refractivity contribution in [2.45, 2.75) is 32.1 Å². The van der Waals surface area contributed by atoms with Crippen molar-refractivity contribution in [3.63, 3.8) is 0 Å². The van der Waals surface area contributed by atoms with Gasteiger partial charge in [0.25, 0.3) is 0 Å². The first-order valence-electron chi connectivity index (χ1n) is 6.20. The van der Waals surface area contributed by atoms with Crippen LogP contribution in [0.3, 0.4) is 0 Å². The number of hydrogen-bond donors (Lipinski definition) is 0. The summed E-state index contributed by atoms with van der Waals surface area (Å²) in [5, 5.41) is 0.711. The molecular formula is C14H16Cl2O2. The van der Waals surface area contributed by atoms with E-state index in [4.69, 9.17) is 27.9 Å². The predicted octanol–water partition coefficient (Wildman–Crippen LogP) is 4.77. The molecule has 0 spiro atoms. The van der Waals surface area contributed by atoms with Gasteiger partial charge in [0, 0.05) is 17.5 Å². The van der Waals surface area contributed by atoms with Crippen molar-refractivity contribution in [3.05, 3.63) is 27.7 Å². The Kier molecular flexibility index (Phi) is 4.52. The van der Waals surface area contributed by atoms with Crippen molar-refractivity contribution in [3.8, 4) is 5.75 Å². The van der Waals surface area contributed by atoms with Crippen molar-refractivity contribution in [1.29, 1.82) is 0 Å². The molecule has 2 nitrogen and oxygen atoms in total. The molecule has 0 N–H and O–H groups in total. The summed E-state index contributed by atoms with van der Waals surface area (Å²) in [6.45, 7) is 0. The van der Waals surface area contributed by atoms with E-state index in [1.165, 1.54) is 6.42 Å². The monoisotopic (exact) mass is 286 g/mol. The molecule has 0 unspecified atom stereocenters. The van der Waals surface area contributed by atoms with Gasteiger partial charge in [-0.05, 0) is 18.9 Å². The lowest BCUT2D eigenvalue weighted by atomic mass is 9.84. The molecule has 0 aromatic heterocycles. The van der Waals surface area contributed by atoms with Crippen LogP contribution < -0.4 is 4.74 Å². The zero-order valence-corrected chi connectivity index (χ0v) is 11.9. The molecule has 0 aliphatic heterocycles. The number of ketones is 1. The standard InChI is InChI=1S/C14H16Cl2O2/c1-18-10-7-11(13(16)12(15)8-10)14(17)9-5-3-2-4-6-9/h7-9H,2-6H2,1H3. The van der Waals surface area contributed by atoms with E-state index >= 15 is 0 Å². The highest BCUT2D eigenvalue weighted by Gasteiger charge is 2.25. The molecule has 1 aromatic carbocycles. The summed E-state index contributed by atoms with van der Waals surface area (Å²) in [7, 11) is 1.55. The SMILES string of the molecule is COc1cc(Cl)c(Cl)c(C(=O)C2CCCCC2)c1. The fraction of sp³-hybridized carbons (Fsp3) is 0.500. The molecule has 1 saturated carbocycles. The van der Waals surface area contributed by atoms with E-state index in [1.807, 2.05) is 0 Å². The predicted molar refractivity (Wildman–Crippen MR) is 73.9 cm³/mol. The quantitative estimate of drug-likeness (QED) is 0.749. The Morgan fingerprint density at radius 2 is 1.89 bits per heavy atom. The van der Waals surface area contributed by atoms with Gasteiger partial charge in [-0.1, -0.05) is 42.5 Å². The Bertz CT molecular complexity index is 451. The molecule has 0 atom stereocenters. The molecular weight excluding hydrogens is 271 g/mol. The summed E-state index contributed by atoms with van der Waals surface area (Å²) in [5.74, 6) is 0.753. The van der Waals surface area contributed by atoms with Crippen LogP contribution in [0.15, 0.2) is 12.1 Å². The molecule has 0 bridgehead atoms. The van der Waals surface area contributed by atoms with Crippen LogP contribution in [-0.2, 0) is 0 Å². The molecule has 98 valence electrons. The largest absolute Gasteiger partial charge is 0.497 e. The van der Waals surface area contributed by atoms with E-state index in [0.717, 1.165) is 25.7 Å². The Morgan fingerprint density at radius 3 is 2.50 bits per heavy atom. The van der Waals surface area contributed by atoms with Gasteiger partial charge < -0.3 is 4.74 Å². The fourth-order valence-corrected chi connectivity index (χ4v) is 2.86. The minimum absolute atomic E-state index is 0.0828. The van der Waals surface area contributed by atoms with Crippen molar-refractivity contribution in [2.24, 2.45) is 5.92 Å². The van der Waals surface area contributed by atoms with Gasteiger partial charge in [-0.15, -0.1) is 0 Å². The van der Waals surface area contributed by atoms with Crippen molar-refractivity contribution >= 4 is 29.0 Å². The van der Waals surface area contributed by atoms with Crippen LogP contribution >= 0.6 is 23.2 Å². The van der Waals surface area contributed by atoms with Crippen LogP contribution in [0.1, 0.15) is 42.5 Å². The van der Waals surface area contributed by atoms with Crippen LogP contribution in [0, 0.1) is 5.92 Å². The normalized spacial score (nSPS) is 16.6. The molecule has 0 amide bonds. The maximum atomic E-state index is 12.4. The van der Waals surface area contributed by atoms with E-state index in [9.17, 15) is 4.79 Å². The second-order valence-electron chi connectivity index (χ2n) is 4.67. The Labute approximate surface area is 117 Å². The highest BCUT2D eigenvalue weighted by Crippen LogP contribution is 2.35. The second-order valence-corrected chi connectivity index (χ2v) is 5.46. The number of Topliss-reactive ketones (excluding diaryl/α,β-unsaturated/α-hetero) is 1. The third-order valence-corrected chi connectivity index (χ3v) is 4.28. The average molecular weight is 287 g/mol. The number of hydrogen-bond acceptors (Lipinski definition) is 2. The molecule has 0 radical (unpaired) electrons. The van der Waals surface area contributed by atoms with E-state index in [0.29, 0.717) is 21.4 Å². The number of carbonyl (C=O) groups excluding carboxylic acids is 1. The maximum Gasteiger partial charge on any atom is 0.167 e. The van der Waals surface area contributed by atoms with Crippen LogP contribution in [0.2, 0.25) is 10.0 Å². The van der Waals surface area contributed by atoms with Crippen LogP contribution in [-0.4, -0.2) is 12.9 Å². The van der Waals surface area contributed by atoms with Crippen molar-refractivity contribution in [2.75, 3.05) is 7.11 Å². The van der Waals surface area contributed by atoms with Gasteiger partial charge in [-0.25, -0.2) is 0 Å². The first-order valence-corrected chi connectivity index (χ1v) is 6.96. The molecule has 1 aromatic rings. The van der Waals surface area contributed by atoms with Gasteiger partial charge in [0.05, 0.1) is 17.2 Å². The topological polar surface area (TPSA) is 26.3 Å². The molecule has 2 rings (SSSR count). The van der Waals surface area contributed by atoms with E-state index in [2.05, 4.69) is 0 Å². The van der Waals surface area contributed by atoms with Crippen LogP contribution in [0.5, 0.6) is 5.75 Å². The van der Waals surface area contributed by atoms with Crippen LogP contribution in [0.4, 0.5) is 0 Å². The average Bonchev–Trinajstić information content (AvgIpc) is 2.42. The first-order chi connectivity index (χ1) is 8.63. The summed E-state index contributed by atoms with van der Waals surface area (Å²) < 4.78 is 5.13. The fourth-order valence-electron chi connectivity index (χ4n) is 2.45. The molecule has 0 heterocycles. The number of rotatable bonds is 3. The van der Waals surface area contributed by atoms with Crippen molar-refractivity contribution < 1.29 is 9.53 Å². The lowest BCUT2D eigenvalue weighted by molar-refractivity contribution is 0.0889. The van der Waals surface area contributed by atoms with E-state index in [1.54, 1.807) is 19.2 Å². The molecule has 18 heavy (non-hydrogen) atoms. The maximum absolute atomic E-state index is 12.4. The Balaban J connectivity index is 2.31. The van der Waals surface area contributed by atoms with Gasteiger partial charge in [-0.3, -0.25) is 4.79 Å². The third kappa shape index (κ3) is 2.81.